The van der Waals surface area contributed by atoms with Crippen LogP contribution in [0.2, 0.25) is 0 Å². The predicted octanol–water partition coefficient (Wildman–Crippen LogP) is 2.03. The maximum atomic E-state index is 5.46. The third-order valence-corrected chi connectivity index (χ3v) is 2.35. The number of nitrogens with two attached hydrogens (primary N) is 1. The fraction of sp³-hybridized carbons (Fsp3) is 0.500. The van der Waals surface area contributed by atoms with E-state index in [0.29, 0.717) is 0 Å². The molecule has 0 saturated carbocycles. The van der Waals surface area contributed by atoms with Crippen LogP contribution in [0, 0.1) is 6.92 Å². The van der Waals surface area contributed by atoms with Gasteiger partial charge in [0.15, 0.2) is 0 Å². The van der Waals surface area contributed by atoms with Crippen molar-refractivity contribution in [1.82, 2.24) is 0 Å². The third kappa shape index (κ3) is 2.82. The van der Waals surface area contributed by atoms with Crippen molar-refractivity contribution in [2.24, 2.45) is 5.73 Å². The number of benzene rings is 1. The van der Waals surface area contributed by atoms with Gasteiger partial charge in [0.25, 0.3) is 0 Å². The summed E-state index contributed by atoms with van der Waals surface area (Å²) in [4.78, 5) is 0. The van der Waals surface area contributed by atoms with Crippen LogP contribution in [0.1, 0.15) is 23.1 Å². The van der Waals surface area contributed by atoms with Gasteiger partial charge in [-0.3, -0.25) is 0 Å². The van der Waals surface area contributed by atoms with Crippen molar-refractivity contribution in [2.45, 2.75) is 26.4 Å². The van der Waals surface area contributed by atoms with E-state index in [0.717, 1.165) is 19.6 Å². The summed E-state index contributed by atoms with van der Waals surface area (Å²) in [5, 5.41) is 0. The first-order valence-electron chi connectivity index (χ1n) is 5.10. The van der Waals surface area contributed by atoms with Gasteiger partial charge in [0.1, 0.15) is 0 Å². The molecule has 0 amide bonds. The lowest BCUT2D eigenvalue weighted by Gasteiger charge is -2.04. The van der Waals surface area contributed by atoms with Crippen molar-refractivity contribution < 1.29 is 4.74 Å². The van der Waals surface area contributed by atoms with E-state index < -0.39 is 0 Å². The molecule has 1 aliphatic heterocycles. The Hall–Kier alpha value is -0.860. The van der Waals surface area contributed by atoms with Crippen LogP contribution in [0.15, 0.2) is 18.2 Å². The number of ether oxygens (including phenoxy) is 1. The maximum absolute atomic E-state index is 5.46. The van der Waals surface area contributed by atoms with Gasteiger partial charge in [0.2, 0.25) is 0 Å². The Labute approximate surface area is 86.1 Å². The van der Waals surface area contributed by atoms with E-state index in [1.165, 1.54) is 30.2 Å². The number of aryl methyl sites for hydroxylation is 2. The first-order chi connectivity index (χ1) is 6.86. The lowest BCUT2D eigenvalue weighted by molar-refractivity contribution is 0.125. The molecule has 78 valence electrons. The average Bonchev–Trinajstić information content (AvgIpc) is 2.45. The highest BCUT2D eigenvalue weighted by Crippen LogP contribution is 2.17. The summed E-state index contributed by atoms with van der Waals surface area (Å²) in [6.45, 7) is 3.86. The summed E-state index contributed by atoms with van der Waals surface area (Å²) in [5.74, 6) is 0. The van der Waals surface area contributed by atoms with Gasteiger partial charge in [-0.25, -0.2) is 0 Å². The van der Waals surface area contributed by atoms with E-state index in [-0.39, 0.29) is 0 Å². The molecule has 2 nitrogen and oxygen atoms in total. The van der Waals surface area contributed by atoms with E-state index in [1.807, 2.05) is 0 Å². The lowest BCUT2D eigenvalue weighted by atomic mass is 10.0. The number of hydrogen-bond acceptors (Lipinski definition) is 2. The van der Waals surface area contributed by atoms with E-state index in [9.17, 15) is 0 Å². The first kappa shape index (κ1) is 11.2. The van der Waals surface area contributed by atoms with Crippen molar-refractivity contribution in [3.05, 3.63) is 34.9 Å². The van der Waals surface area contributed by atoms with E-state index >= 15 is 0 Å². The van der Waals surface area contributed by atoms with Crippen LogP contribution in [-0.4, -0.2) is 13.7 Å². The summed E-state index contributed by atoms with van der Waals surface area (Å²) in [7, 11) is 1.50. The predicted molar refractivity (Wildman–Crippen MR) is 59.3 cm³/mol. The highest BCUT2D eigenvalue weighted by Gasteiger charge is 2.06. The Kier molecular flexibility index (Phi) is 4.63. The van der Waals surface area contributed by atoms with Gasteiger partial charge in [0.05, 0.1) is 6.61 Å². The zero-order valence-electron chi connectivity index (χ0n) is 9.05. The highest BCUT2D eigenvalue weighted by atomic mass is 16.5. The van der Waals surface area contributed by atoms with Crippen LogP contribution in [0.25, 0.3) is 0 Å². The second-order valence-electron chi connectivity index (χ2n) is 3.43. The van der Waals surface area contributed by atoms with Crippen molar-refractivity contribution in [3.8, 4) is 0 Å². The molecule has 1 aliphatic rings. The van der Waals surface area contributed by atoms with Gasteiger partial charge in [-0.2, -0.15) is 0 Å². The minimum absolute atomic E-state index is 0.801. The molecule has 0 spiro atoms. The zero-order valence-corrected chi connectivity index (χ0v) is 9.05. The first-order valence-corrected chi connectivity index (χ1v) is 5.10. The molecule has 14 heavy (non-hydrogen) atoms. The van der Waals surface area contributed by atoms with E-state index in [2.05, 4.69) is 30.9 Å². The molecule has 1 heterocycles. The molecule has 0 aliphatic carbocycles. The Bertz CT molecular complexity index is 284. The van der Waals surface area contributed by atoms with Gasteiger partial charge in [-0.1, -0.05) is 23.8 Å². The van der Waals surface area contributed by atoms with Crippen LogP contribution in [0.3, 0.4) is 0 Å². The number of rotatable bonds is 0. The van der Waals surface area contributed by atoms with E-state index in [4.69, 9.17) is 4.74 Å². The van der Waals surface area contributed by atoms with Gasteiger partial charge in [-0.05, 0) is 37.9 Å². The van der Waals surface area contributed by atoms with Crippen molar-refractivity contribution in [2.75, 3.05) is 13.7 Å². The molecular weight excluding hydrogens is 174 g/mol. The molecule has 0 saturated heterocycles. The molecule has 0 bridgehead atoms. The molecule has 1 aromatic rings. The van der Waals surface area contributed by atoms with Crippen LogP contribution in [0.5, 0.6) is 0 Å². The van der Waals surface area contributed by atoms with Crippen LogP contribution < -0.4 is 5.73 Å². The van der Waals surface area contributed by atoms with Gasteiger partial charge in [-0.15, -0.1) is 0 Å². The Balaban J connectivity index is 0.000000461. The van der Waals surface area contributed by atoms with E-state index in [1.54, 1.807) is 0 Å². The van der Waals surface area contributed by atoms with Crippen LogP contribution in [-0.2, 0) is 17.8 Å². The zero-order chi connectivity index (χ0) is 10.4. The fourth-order valence-electron chi connectivity index (χ4n) is 1.68. The quantitative estimate of drug-likeness (QED) is 0.684. The summed E-state index contributed by atoms with van der Waals surface area (Å²) in [5.41, 5.74) is 8.71. The number of hydrogen-bond donors (Lipinski definition) is 1. The lowest BCUT2D eigenvalue weighted by Crippen LogP contribution is -1.91. The minimum Gasteiger partial charge on any atom is -0.377 e. The second kappa shape index (κ2) is 5.78. The number of fused-ring (bicyclic) bond motifs is 1. The van der Waals surface area contributed by atoms with Gasteiger partial charge < -0.3 is 10.5 Å². The molecule has 1 aromatic carbocycles. The van der Waals surface area contributed by atoms with Crippen molar-refractivity contribution in [1.29, 1.82) is 0 Å². The Morgan fingerprint density at radius 3 is 2.79 bits per heavy atom. The Morgan fingerprint density at radius 1 is 1.21 bits per heavy atom. The van der Waals surface area contributed by atoms with Crippen molar-refractivity contribution >= 4 is 0 Å². The smallest absolute Gasteiger partial charge is 0.0719 e. The minimum atomic E-state index is 0.801. The normalized spacial score (nSPS) is 14.8. The molecule has 0 radical (unpaired) electrons. The SMILES string of the molecule is CN.Cc1ccc2c(c1)CCCOC2. The molecule has 0 aromatic heterocycles. The summed E-state index contributed by atoms with van der Waals surface area (Å²) in [6, 6.07) is 6.63. The van der Waals surface area contributed by atoms with Gasteiger partial charge in [0, 0.05) is 6.61 Å². The molecule has 2 N–H and O–H groups in total. The summed E-state index contributed by atoms with van der Waals surface area (Å²) >= 11 is 0. The molecular formula is C12H19NO. The average molecular weight is 193 g/mol. The Morgan fingerprint density at radius 2 is 2.00 bits per heavy atom. The standard InChI is InChI=1S/C11H14O.CH5N/c1-9-4-5-11-8-12-6-2-3-10(11)7-9;1-2/h4-5,7H,2-3,6,8H2,1H3;2H2,1H3. The second-order valence-corrected chi connectivity index (χ2v) is 3.43. The molecule has 2 rings (SSSR count). The molecule has 0 atom stereocenters. The van der Waals surface area contributed by atoms with Crippen LogP contribution >= 0.6 is 0 Å². The fourth-order valence-corrected chi connectivity index (χ4v) is 1.68. The third-order valence-electron chi connectivity index (χ3n) is 2.35. The summed E-state index contributed by atoms with van der Waals surface area (Å²) in [6.07, 6.45) is 2.34. The van der Waals surface area contributed by atoms with Gasteiger partial charge >= 0.3 is 0 Å². The monoisotopic (exact) mass is 193 g/mol. The molecule has 0 fully saturated rings. The van der Waals surface area contributed by atoms with Crippen molar-refractivity contribution in [3.63, 3.8) is 0 Å². The van der Waals surface area contributed by atoms with Crippen LogP contribution in [0.4, 0.5) is 0 Å². The maximum Gasteiger partial charge on any atom is 0.0719 e. The molecule has 2 heteroatoms. The topological polar surface area (TPSA) is 35.2 Å². The molecule has 0 unspecified atom stereocenters. The highest BCUT2D eigenvalue weighted by molar-refractivity contribution is 5.31. The summed E-state index contributed by atoms with van der Waals surface area (Å²) < 4.78 is 5.46. The largest absolute Gasteiger partial charge is 0.377 e.